The van der Waals surface area contributed by atoms with Crippen LogP contribution in [-0.4, -0.2) is 37.3 Å². The summed E-state index contributed by atoms with van der Waals surface area (Å²) >= 11 is 0. The van der Waals surface area contributed by atoms with Gasteiger partial charge in [-0.1, -0.05) is 49.1 Å². The van der Waals surface area contributed by atoms with E-state index in [1.807, 2.05) is 30.3 Å². The molecule has 1 aliphatic rings. The molecule has 1 unspecified atom stereocenters. The standard InChI is InChI=1S/C18H26NO.HI/c1-19(2,3)15-9-14-18(20,17-12-7-8-13-17)16-10-5-4-6-11-16;/h4-6,10-11,17,20H,7-8,12-13,15H2,1-3H3;1H/q+1;/p-1. The molecule has 0 spiro atoms. The van der Waals surface area contributed by atoms with Gasteiger partial charge in [-0.3, -0.25) is 0 Å². The minimum Gasteiger partial charge on any atom is -1.00 e. The van der Waals surface area contributed by atoms with Gasteiger partial charge in [-0.15, -0.1) is 0 Å². The first-order chi connectivity index (χ1) is 9.42. The molecule has 1 aliphatic carbocycles. The van der Waals surface area contributed by atoms with Gasteiger partial charge >= 0.3 is 0 Å². The molecular formula is C18H26INO. The van der Waals surface area contributed by atoms with E-state index in [0.717, 1.165) is 29.4 Å². The van der Waals surface area contributed by atoms with Crippen LogP contribution in [0.2, 0.25) is 0 Å². The second-order valence-electron chi connectivity index (χ2n) is 6.86. The van der Waals surface area contributed by atoms with Crippen LogP contribution in [-0.2, 0) is 5.60 Å². The third-order valence-corrected chi connectivity index (χ3v) is 3.99. The van der Waals surface area contributed by atoms with E-state index < -0.39 is 5.60 Å². The van der Waals surface area contributed by atoms with Crippen LogP contribution in [0.25, 0.3) is 0 Å². The molecule has 1 saturated carbocycles. The Morgan fingerprint density at radius 1 is 1.14 bits per heavy atom. The third kappa shape index (κ3) is 4.98. The molecule has 3 heteroatoms. The Morgan fingerprint density at radius 2 is 1.71 bits per heavy atom. The Hall–Kier alpha value is -0.570. The smallest absolute Gasteiger partial charge is 0.153 e. The van der Waals surface area contributed by atoms with Crippen molar-refractivity contribution in [2.75, 3.05) is 27.7 Å². The van der Waals surface area contributed by atoms with E-state index >= 15 is 0 Å². The topological polar surface area (TPSA) is 20.2 Å². The maximum Gasteiger partial charge on any atom is 0.153 e. The highest BCUT2D eigenvalue weighted by atomic mass is 127. The molecule has 0 bridgehead atoms. The molecule has 1 aromatic carbocycles. The summed E-state index contributed by atoms with van der Waals surface area (Å²) in [5.41, 5.74) is -0.0340. The van der Waals surface area contributed by atoms with Crippen LogP contribution >= 0.6 is 0 Å². The Labute approximate surface area is 146 Å². The van der Waals surface area contributed by atoms with Gasteiger partial charge in [-0.05, 0) is 24.3 Å². The highest BCUT2D eigenvalue weighted by Crippen LogP contribution is 2.40. The van der Waals surface area contributed by atoms with Crippen LogP contribution < -0.4 is 24.0 Å². The first-order valence-electron chi connectivity index (χ1n) is 7.50. The fourth-order valence-electron chi connectivity index (χ4n) is 2.86. The molecule has 0 radical (unpaired) electrons. The van der Waals surface area contributed by atoms with Gasteiger partial charge in [-0.2, -0.15) is 0 Å². The van der Waals surface area contributed by atoms with E-state index in [2.05, 4.69) is 33.0 Å². The van der Waals surface area contributed by atoms with Crippen molar-refractivity contribution in [3.05, 3.63) is 35.9 Å². The van der Waals surface area contributed by atoms with Crippen LogP contribution in [0.5, 0.6) is 0 Å². The lowest BCUT2D eigenvalue weighted by Crippen LogP contribution is -3.00. The van der Waals surface area contributed by atoms with Crippen molar-refractivity contribution in [2.24, 2.45) is 5.92 Å². The average Bonchev–Trinajstić information content (AvgIpc) is 2.92. The van der Waals surface area contributed by atoms with E-state index in [0.29, 0.717) is 0 Å². The molecule has 0 heterocycles. The van der Waals surface area contributed by atoms with Crippen molar-refractivity contribution < 1.29 is 33.6 Å². The van der Waals surface area contributed by atoms with E-state index in [-0.39, 0.29) is 29.9 Å². The highest BCUT2D eigenvalue weighted by molar-refractivity contribution is 5.33. The molecule has 1 aromatic rings. The van der Waals surface area contributed by atoms with Crippen molar-refractivity contribution in [3.63, 3.8) is 0 Å². The fourth-order valence-corrected chi connectivity index (χ4v) is 2.86. The zero-order valence-corrected chi connectivity index (χ0v) is 15.4. The lowest BCUT2D eigenvalue weighted by molar-refractivity contribution is -0.862. The van der Waals surface area contributed by atoms with Crippen LogP contribution in [0.3, 0.4) is 0 Å². The molecule has 116 valence electrons. The van der Waals surface area contributed by atoms with Crippen LogP contribution in [0.1, 0.15) is 31.2 Å². The molecule has 1 atom stereocenters. The van der Waals surface area contributed by atoms with Crippen LogP contribution in [0.4, 0.5) is 0 Å². The normalized spacial score (nSPS) is 18.3. The number of halogens is 1. The summed E-state index contributed by atoms with van der Waals surface area (Å²) in [6.07, 6.45) is 4.56. The number of aliphatic hydroxyl groups is 1. The molecule has 0 aromatic heterocycles. The SMILES string of the molecule is C[N+](C)(C)CC#CC(O)(c1ccccc1)C1CCCC1.[I-]. The van der Waals surface area contributed by atoms with Gasteiger partial charge in [0, 0.05) is 5.92 Å². The van der Waals surface area contributed by atoms with E-state index in [1.54, 1.807) is 0 Å². The summed E-state index contributed by atoms with van der Waals surface area (Å²) in [7, 11) is 6.35. The number of benzene rings is 1. The maximum absolute atomic E-state index is 11.2. The van der Waals surface area contributed by atoms with Crippen molar-refractivity contribution in [1.29, 1.82) is 0 Å². The highest BCUT2D eigenvalue weighted by Gasteiger charge is 2.38. The lowest BCUT2D eigenvalue weighted by atomic mass is 9.80. The predicted molar refractivity (Wildman–Crippen MR) is 83.0 cm³/mol. The molecule has 0 amide bonds. The summed E-state index contributed by atoms with van der Waals surface area (Å²) < 4.78 is 0.794. The summed E-state index contributed by atoms with van der Waals surface area (Å²) in [5, 5.41) is 11.2. The molecule has 1 fully saturated rings. The molecular weight excluding hydrogens is 373 g/mol. The molecule has 2 rings (SSSR count). The Bertz CT molecular complexity index is 491. The van der Waals surface area contributed by atoms with Gasteiger partial charge in [0.15, 0.2) is 5.60 Å². The number of nitrogens with zero attached hydrogens (tertiary/aromatic N) is 1. The average molecular weight is 399 g/mol. The van der Waals surface area contributed by atoms with Crippen molar-refractivity contribution in [2.45, 2.75) is 31.3 Å². The number of quaternary nitrogens is 1. The molecule has 0 aliphatic heterocycles. The second kappa shape index (κ2) is 7.62. The summed E-state index contributed by atoms with van der Waals surface area (Å²) in [6, 6.07) is 9.95. The zero-order valence-electron chi connectivity index (χ0n) is 13.3. The minimum atomic E-state index is -0.979. The Morgan fingerprint density at radius 3 is 2.24 bits per heavy atom. The van der Waals surface area contributed by atoms with Crippen molar-refractivity contribution >= 4 is 0 Å². The predicted octanol–water partition coefficient (Wildman–Crippen LogP) is -0.222. The van der Waals surface area contributed by atoms with Gasteiger partial charge in [0.2, 0.25) is 0 Å². The lowest BCUT2D eigenvalue weighted by Gasteiger charge is -2.30. The second-order valence-corrected chi connectivity index (χ2v) is 6.86. The van der Waals surface area contributed by atoms with Gasteiger partial charge in [0.25, 0.3) is 0 Å². The van der Waals surface area contributed by atoms with Gasteiger partial charge in [0.05, 0.1) is 21.1 Å². The van der Waals surface area contributed by atoms with Crippen LogP contribution in [0, 0.1) is 17.8 Å². The number of hydrogen-bond donors (Lipinski definition) is 1. The van der Waals surface area contributed by atoms with Crippen molar-refractivity contribution in [3.8, 4) is 11.8 Å². The summed E-state index contributed by atoms with van der Waals surface area (Å²) in [4.78, 5) is 0. The van der Waals surface area contributed by atoms with Gasteiger partial charge in [-0.25, -0.2) is 0 Å². The van der Waals surface area contributed by atoms with E-state index in [9.17, 15) is 5.11 Å². The number of hydrogen-bond acceptors (Lipinski definition) is 1. The van der Waals surface area contributed by atoms with E-state index in [4.69, 9.17) is 0 Å². The summed E-state index contributed by atoms with van der Waals surface area (Å²) in [6.45, 7) is 0.752. The maximum atomic E-state index is 11.2. The fraction of sp³-hybridized carbons (Fsp3) is 0.556. The largest absolute Gasteiger partial charge is 1.00 e. The molecule has 21 heavy (non-hydrogen) atoms. The van der Waals surface area contributed by atoms with Crippen molar-refractivity contribution in [1.82, 2.24) is 0 Å². The van der Waals surface area contributed by atoms with E-state index in [1.165, 1.54) is 12.8 Å². The minimum absolute atomic E-state index is 0. The quantitative estimate of drug-likeness (QED) is 0.424. The first kappa shape index (κ1) is 18.5. The first-order valence-corrected chi connectivity index (χ1v) is 7.50. The molecule has 1 N–H and O–H groups in total. The Balaban J connectivity index is 0.00000220. The van der Waals surface area contributed by atoms with Gasteiger partial charge < -0.3 is 33.6 Å². The zero-order chi connectivity index (χ0) is 14.6. The summed E-state index contributed by atoms with van der Waals surface area (Å²) in [5.74, 6) is 6.68. The third-order valence-electron chi connectivity index (χ3n) is 3.99. The van der Waals surface area contributed by atoms with Gasteiger partial charge in [0.1, 0.15) is 6.54 Å². The molecule has 2 nitrogen and oxygen atoms in total. The Kier molecular flexibility index (Phi) is 6.71. The van der Waals surface area contributed by atoms with Crippen LogP contribution in [0.15, 0.2) is 30.3 Å². The molecule has 0 saturated heterocycles. The number of rotatable bonds is 3. The monoisotopic (exact) mass is 399 g/mol.